The fourth-order valence-electron chi connectivity index (χ4n) is 2.53. The van der Waals surface area contributed by atoms with Crippen molar-refractivity contribution >= 4 is 29.9 Å². The van der Waals surface area contributed by atoms with Crippen molar-refractivity contribution in [1.82, 2.24) is 30.2 Å². The quantitative estimate of drug-likeness (QED) is 0.333. The number of halogens is 1. The lowest BCUT2D eigenvalue weighted by molar-refractivity contribution is 0.684. The molecule has 7 nitrogen and oxygen atoms in total. The minimum absolute atomic E-state index is 0. The smallest absolute Gasteiger partial charge is 0.191 e. The monoisotopic (exact) mass is 465 g/mol. The normalized spacial score (nSPS) is 11.1. The Morgan fingerprint density at radius 2 is 1.88 bits per heavy atom. The van der Waals surface area contributed by atoms with Crippen LogP contribution in [0.3, 0.4) is 0 Å². The van der Waals surface area contributed by atoms with E-state index >= 15 is 0 Å². The van der Waals surface area contributed by atoms with E-state index in [1.165, 1.54) is 5.56 Å². The number of nitrogens with one attached hydrogen (secondary N) is 2. The number of nitrogens with zero attached hydrogens (tertiary/aromatic N) is 5. The third kappa shape index (κ3) is 5.32. The van der Waals surface area contributed by atoms with E-state index in [-0.39, 0.29) is 24.0 Å². The molecule has 1 aromatic carbocycles. The molecule has 0 unspecified atom stereocenters. The van der Waals surface area contributed by atoms with E-state index < -0.39 is 0 Å². The highest BCUT2D eigenvalue weighted by Gasteiger charge is 2.02. The van der Waals surface area contributed by atoms with Gasteiger partial charge in [0.1, 0.15) is 0 Å². The van der Waals surface area contributed by atoms with Gasteiger partial charge in [0, 0.05) is 39.2 Å². The Morgan fingerprint density at radius 1 is 1.08 bits per heavy atom. The highest BCUT2D eigenvalue weighted by Crippen LogP contribution is 2.08. The van der Waals surface area contributed by atoms with Crippen molar-refractivity contribution in [1.29, 1.82) is 0 Å². The molecule has 0 saturated carbocycles. The highest BCUT2D eigenvalue weighted by molar-refractivity contribution is 14.0. The summed E-state index contributed by atoms with van der Waals surface area (Å²) in [5.41, 5.74) is 3.44. The summed E-state index contributed by atoms with van der Waals surface area (Å²) in [5.74, 6) is 0.786. The van der Waals surface area contributed by atoms with E-state index in [0.29, 0.717) is 6.54 Å². The number of aromatic nitrogens is 4. The molecule has 0 aliphatic carbocycles. The van der Waals surface area contributed by atoms with E-state index in [4.69, 9.17) is 0 Å². The van der Waals surface area contributed by atoms with Crippen LogP contribution in [0.25, 0.3) is 5.69 Å². The zero-order valence-electron chi connectivity index (χ0n) is 15.0. The molecular weight excluding hydrogens is 441 g/mol. The van der Waals surface area contributed by atoms with Gasteiger partial charge in [0.2, 0.25) is 0 Å². The Kier molecular flexibility index (Phi) is 7.64. The second kappa shape index (κ2) is 9.95. The summed E-state index contributed by atoms with van der Waals surface area (Å²) in [6.07, 6.45) is 6.43. The SMILES string of the molecule is CN=C(NCCc1ccc(-n2cccn2)cc1)NCc1ccnn1C.I. The van der Waals surface area contributed by atoms with Crippen LogP contribution < -0.4 is 10.6 Å². The Morgan fingerprint density at radius 3 is 2.50 bits per heavy atom. The van der Waals surface area contributed by atoms with Crippen molar-refractivity contribution in [3.63, 3.8) is 0 Å². The molecule has 0 bridgehead atoms. The second-order valence-electron chi connectivity index (χ2n) is 5.67. The number of aryl methyl sites for hydroxylation is 1. The standard InChI is InChI=1S/C18H23N7.HI/c1-19-18(21-14-17-9-12-22-24(17)2)20-11-8-15-4-6-16(7-5-15)25-13-3-10-23-25;/h3-7,9-10,12-13H,8,11,14H2,1-2H3,(H2,19,20,21);1H. The number of hydrogen-bond acceptors (Lipinski definition) is 3. The molecule has 8 heteroatoms. The van der Waals surface area contributed by atoms with Crippen molar-refractivity contribution < 1.29 is 0 Å². The average Bonchev–Trinajstić information content (AvgIpc) is 3.30. The molecule has 0 atom stereocenters. The molecule has 0 amide bonds. The van der Waals surface area contributed by atoms with Crippen molar-refractivity contribution in [2.45, 2.75) is 13.0 Å². The van der Waals surface area contributed by atoms with E-state index in [1.54, 1.807) is 19.4 Å². The lowest BCUT2D eigenvalue weighted by Crippen LogP contribution is -2.38. The lowest BCUT2D eigenvalue weighted by Gasteiger charge is -2.12. The van der Waals surface area contributed by atoms with Crippen LogP contribution >= 0.6 is 24.0 Å². The minimum atomic E-state index is 0. The number of aliphatic imine (C=N–C) groups is 1. The van der Waals surface area contributed by atoms with E-state index in [1.807, 2.05) is 34.7 Å². The summed E-state index contributed by atoms with van der Waals surface area (Å²) in [5, 5.41) is 15.0. The maximum Gasteiger partial charge on any atom is 0.191 e. The van der Waals surface area contributed by atoms with Crippen LogP contribution in [0.15, 0.2) is 60.0 Å². The molecule has 138 valence electrons. The summed E-state index contributed by atoms with van der Waals surface area (Å²) < 4.78 is 3.70. The molecule has 0 fully saturated rings. The maximum atomic E-state index is 4.25. The third-order valence-corrected chi connectivity index (χ3v) is 3.99. The van der Waals surface area contributed by atoms with Gasteiger partial charge in [-0.25, -0.2) is 4.68 Å². The van der Waals surface area contributed by atoms with Crippen LogP contribution in [-0.4, -0.2) is 39.1 Å². The van der Waals surface area contributed by atoms with Crippen LogP contribution in [0.2, 0.25) is 0 Å². The van der Waals surface area contributed by atoms with Gasteiger partial charge in [0.25, 0.3) is 0 Å². The Bertz CT molecular complexity index is 806. The van der Waals surface area contributed by atoms with E-state index in [9.17, 15) is 0 Å². The topological polar surface area (TPSA) is 72.1 Å². The molecule has 2 aromatic heterocycles. The predicted octanol–water partition coefficient (Wildman–Crippen LogP) is 2.13. The number of rotatable bonds is 6. The van der Waals surface area contributed by atoms with Gasteiger partial charge >= 0.3 is 0 Å². The molecule has 2 N–H and O–H groups in total. The summed E-state index contributed by atoms with van der Waals surface area (Å²) in [4.78, 5) is 4.25. The maximum absolute atomic E-state index is 4.25. The molecule has 0 aliphatic rings. The number of guanidine groups is 1. The van der Waals surface area contributed by atoms with Gasteiger partial charge in [0.05, 0.1) is 17.9 Å². The fourth-order valence-corrected chi connectivity index (χ4v) is 2.53. The Balaban J connectivity index is 0.00000243. The summed E-state index contributed by atoms with van der Waals surface area (Å²) in [6, 6.07) is 12.3. The number of benzene rings is 1. The molecule has 3 rings (SSSR count). The van der Waals surface area contributed by atoms with Gasteiger partial charge in [-0.3, -0.25) is 9.67 Å². The first-order valence-electron chi connectivity index (χ1n) is 8.26. The van der Waals surface area contributed by atoms with Gasteiger partial charge in [-0.1, -0.05) is 12.1 Å². The van der Waals surface area contributed by atoms with Crippen LogP contribution in [0.4, 0.5) is 0 Å². The van der Waals surface area contributed by atoms with Crippen LogP contribution in [0, 0.1) is 0 Å². The van der Waals surface area contributed by atoms with Crippen LogP contribution in [0.1, 0.15) is 11.3 Å². The van der Waals surface area contributed by atoms with E-state index in [0.717, 1.165) is 30.3 Å². The molecule has 0 aliphatic heterocycles. The van der Waals surface area contributed by atoms with Gasteiger partial charge in [-0.05, 0) is 36.2 Å². The van der Waals surface area contributed by atoms with Gasteiger partial charge < -0.3 is 10.6 Å². The van der Waals surface area contributed by atoms with Crippen LogP contribution in [-0.2, 0) is 20.0 Å². The first kappa shape index (κ1) is 20.0. The summed E-state index contributed by atoms with van der Waals surface area (Å²) >= 11 is 0. The van der Waals surface area contributed by atoms with Gasteiger partial charge in [-0.2, -0.15) is 10.2 Å². The summed E-state index contributed by atoms with van der Waals surface area (Å²) in [6.45, 7) is 1.50. The average molecular weight is 465 g/mol. The molecule has 0 spiro atoms. The molecule has 26 heavy (non-hydrogen) atoms. The Hall–Kier alpha value is -2.36. The second-order valence-corrected chi connectivity index (χ2v) is 5.67. The molecular formula is C18H24IN7. The van der Waals surface area contributed by atoms with Crippen molar-refractivity contribution in [3.05, 3.63) is 66.2 Å². The van der Waals surface area contributed by atoms with E-state index in [2.05, 4.69) is 50.1 Å². The fraction of sp³-hybridized carbons (Fsp3) is 0.278. The summed E-state index contributed by atoms with van der Waals surface area (Å²) in [7, 11) is 3.71. The molecule has 0 saturated heterocycles. The number of hydrogen-bond donors (Lipinski definition) is 2. The van der Waals surface area contributed by atoms with Crippen molar-refractivity contribution in [3.8, 4) is 5.69 Å². The molecule has 0 radical (unpaired) electrons. The molecule has 3 aromatic rings. The minimum Gasteiger partial charge on any atom is -0.356 e. The molecule has 2 heterocycles. The predicted molar refractivity (Wildman–Crippen MR) is 114 cm³/mol. The third-order valence-electron chi connectivity index (χ3n) is 3.99. The van der Waals surface area contributed by atoms with Crippen molar-refractivity contribution in [2.24, 2.45) is 12.0 Å². The Labute approximate surface area is 170 Å². The first-order valence-corrected chi connectivity index (χ1v) is 8.26. The highest BCUT2D eigenvalue weighted by atomic mass is 127. The van der Waals surface area contributed by atoms with Gasteiger partial charge in [0.15, 0.2) is 5.96 Å². The first-order chi connectivity index (χ1) is 12.3. The van der Waals surface area contributed by atoms with Gasteiger partial charge in [-0.15, -0.1) is 24.0 Å². The van der Waals surface area contributed by atoms with Crippen molar-refractivity contribution in [2.75, 3.05) is 13.6 Å². The zero-order chi connectivity index (χ0) is 17.5. The zero-order valence-corrected chi connectivity index (χ0v) is 17.3. The van der Waals surface area contributed by atoms with Crippen LogP contribution in [0.5, 0.6) is 0 Å². The largest absolute Gasteiger partial charge is 0.356 e. The lowest BCUT2D eigenvalue weighted by atomic mass is 10.1.